The van der Waals surface area contributed by atoms with Gasteiger partial charge in [0.05, 0.1) is 5.56 Å². The largest absolute Gasteiger partial charge is 0.478 e. The predicted molar refractivity (Wildman–Crippen MR) is 65.7 cm³/mol. The molecule has 2 aromatic rings. The van der Waals surface area contributed by atoms with Gasteiger partial charge in [0.15, 0.2) is 0 Å². The highest BCUT2D eigenvalue weighted by molar-refractivity contribution is 5.97. The Morgan fingerprint density at radius 2 is 1.60 bits per heavy atom. The van der Waals surface area contributed by atoms with Crippen molar-refractivity contribution in [3.05, 3.63) is 59.2 Å². The van der Waals surface area contributed by atoms with Crippen molar-refractivity contribution in [2.45, 2.75) is 0 Å². The molecule has 0 aliphatic rings. The van der Waals surface area contributed by atoms with Crippen molar-refractivity contribution >= 4 is 11.9 Å². The minimum absolute atomic E-state index is 0.0201. The molecule has 0 saturated carbocycles. The Hall–Kier alpha value is -2.76. The third-order valence-electron chi connectivity index (χ3n) is 2.74. The maximum Gasteiger partial charge on any atom is 0.339 e. The standard InChI is InChI=1S/C14H8F2O4/c15-10-3-1-2-8(12(10)14(19)20)7-4-5-9(13(17)18)11(16)6-7/h1-6H,(H,17,18)(H,19,20). The zero-order valence-electron chi connectivity index (χ0n) is 9.93. The average molecular weight is 278 g/mol. The van der Waals surface area contributed by atoms with Gasteiger partial charge < -0.3 is 10.2 Å². The Morgan fingerprint density at radius 3 is 2.15 bits per heavy atom. The maximum atomic E-state index is 13.6. The molecule has 0 aliphatic heterocycles. The predicted octanol–water partition coefficient (Wildman–Crippen LogP) is 3.03. The molecule has 0 amide bonds. The van der Waals surface area contributed by atoms with E-state index in [1.165, 1.54) is 18.2 Å². The van der Waals surface area contributed by atoms with Gasteiger partial charge in [0.1, 0.15) is 17.2 Å². The summed E-state index contributed by atoms with van der Waals surface area (Å²) in [4.78, 5) is 21.8. The molecular formula is C14H8F2O4. The van der Waals surface area contributed by atoms with E-state index in [1.54, 1.807) is 0 Å². The molecule has 102 valence electrons. The summed E-state index contributed by atoms with van der Waals surface area (Å²) in [6.45, 7) is 0. The van der Waals surface area contributed by atoms with Gasteiger partial charge in [0.2, 0.25) is 0 Å². The lowest BCUT2D eigenvalue weighted by molar-refractivity contribution is 0.0680. The number of halogens is 2. The SMILES string of the molecule is O=C(O)c1ccc(-c2cccc(F)c2C(=O)O)cc1F. The second-order valence-electron chi connectivity index (χ2n) is 3.97. The summed E-state index contributed by atoms with van der Waals surface area (Å²) >= 11 is 0. The first kappa shape index (κ1) is 13.7. The number of aromatic carboxylic acids is 2. The van der Waals surface area contributed by atoms with Gasteiger partial charge in [-0.15, -0.1) is 0 Å². The molecular weight excluding hydrogens is 270 g/mol. The number of benzene rings is 2. The topological polar surface area (TPSA) is 74.6 Å². The Labute approximate surface area is 111 Å². The maximum absolute atomic E-state index is 13.6. The number of rotatable bonds is 3. The van der Waals surface area contributed by atoms with E-state index in [-0.39, 0.29) is 11.1 Å². The second kappa shape index (κ2) is 5.08. The average Bonchev–Trinajstić information content (AvgIpc) is 2.37. The van der Waals surface area contributed by atoms with E-state index in [9.17, 15) is 18.4 Å². The first-order valence-corrected chi connectivity index (χ1v) is 5.47. The van der Waals surface area contributed by atoms with Gasteiger partial charge in [0, 0.05) is 0 Å². The van der Waals surface area contributed by atoms with Crippen molar-refractivity contribution in [2.75, 3.05) is 0 Å². The van der Waals surface area contributed by atoms with E-state index in [0.717, 1.165) is 18.2 Å². The van der Waals surface area contributed by atoms with Crippen molar-refractivity contribution in [1.82, 2.24) is 0 Å². The lowest BCUT2D eigenvalue weighted by atomic mass is 9.98. The second-order valence-corrected chi connectivity index (χ2v) is 3.97. The molecule has 0 atom stereocenters. The monoisotopic (exact) mass is 278 g/mol. The Morgan fingerprint density at radius 1 is 0.900 bits per heavy atom. The van der Waals surface area contributed by atoms with Crippen LogP contribution >= 0.6 is 0 Å². The van der Waals surface area contributed by atoms with Crippen LogP contribution in [0.25, 0.3) is 11.1 Å². The van der Waals surface area contributed by atoms with Gasteiger partial charge in [-0.1, -0.05) is 18.2 Å². The first-order valence-electron chi connectivity index (χ1n) is 5.47. The molecule has 0 saturated heterocycles. The van der Waals surface area contributed by atoms with Gasteiger partial charge in [-0.3, -0.25) is 0 Å². The molecule has 0 aliphatic carbocycles. The van der Waals surface area contributed by atoms with E-state index in [0.29, 0.717) is 0 Å². The molecule has 0 aromatic heterocycles. The summed E-state index contributed by atoms with van der Waals surface area (Å²) in [7, 11) is 0. The molecule has 20 heavy (non-hydrogen) atoms. The van der Waals surface area contributed by atoms with Crippen LogP contribution in [0.2, 0.25) is 0 Å². The van der Waals surface area contributed by atoms with Gasteiger partial charge in [-0.25, -0.2) is 18.4 Å². The van der Waals surface area contributed by atoms with Crippen LogP contribution in [-0.2, 0) is 0 Å². The highest BCUT2D eigenvalue weighted by Gasteiger charge is 2.18. The Kier molecular flexibility index (Phi) is 3.47. The molecule has 2 N–H and O–H groups in total. The fraction of sp³-hybridized carbons (Fsp3) is 0. The van der Waals surface area contributed by atoms with Crippen LogP contribution in [0.3, 0.4) is 0 Å². The van der Waals surface area contributed by atoms with E-state index in [4.69, 9.17) is 10.2 Å². The number of hydrogen-bond donors (Lipinski definition) is 2. The van der Waals surface area contributed by atoms with Gasteiger partial charge in [0.25, 0.3) is 0 Å². The summed E-state index contributed by atoms with van der Waals surface area (Å²) in [5, 5.41) is 17.7. The van der Waals surface area contributed by atoms with Crippen LogP contribution in [0.1, 0.15) is 20.7 Å². The van der Waals surface area contributed by atoms with Crippen molar-refractivity contribution in [3.63, 3.8) is 0 Å². The molecule has 6 heteroatoms. The highest BCUT2D eigenvalue weighted by atomic mass is 19.1. The van der Waals surface area contributed by atoms with Crippen LogP contribution in [0.4, 0.5) is 8.78 Å². The van der Waals surface area contributed by atoms with E-state index in [2.05, 4.69) is 0 Å². The van der Waals surface area contributed by atoms with Crippen molar-refractivity contribution in [2.24, 2.45) is 0 Å². The van der Waals surface area contributed by atoms with Crippen LogP contribution in [0.5, 0.6) is 0 Å². The summed E-state index contributed by atoms with van der Waals surface area (Å²) in [5.74, 6) is -4.89. The zero-order valence-corrected chi connectivity index (χ0v) is 9.93. The van der Waals surface area contributed by atoms with Gasteiger partial charge >= 0.3 is 11.9 Å². The molecule has 0 spiro atoms. The summed E-state index contributed by atoms with van der Waals surface area (Å²) in [6.07, 6.45) is 0. The number of carboxylic acid groups (broad SMARTS) is 2. The lowest BCUT2D eigenvalue weighted by Crippen LogP contribution is -2.04. The molecule has 0 bridgehead atoms. The third kappa shape index (κ3) is 2.35. The fourth-order valence-corrected chi connectivity index (χ4v) is 1.84. The molecule has 2 aromatic carbocycles. The van der Waals surface area contributed by atoms with Crippen molar-refractivity contribution in [3.8, 4) is 11.1 Å². The lowest BCUT2D eigenvalue weighted by Gasteiger charge is -2.08. The Bertz CT molecular complexity index is 710. The minimum Gasteiger partial charge on any atom is -0.478 e. The normalized spacial score (nSPS) is 10.3. The van der Waals surface area contributed by atoms with E-state index >= 15 is 0 Å². The van der Waals surface area contributed by atoms with Crippen LogP contribution in [0, 0.1) is 11.6 Å². The smallest absolute Gasteiger partial charge is 0.339 e. The highest BCUT2D eigenvalue weighted by Crippen LogP contribution is 2.27. The summed E-state index contributed by atoms with van der Waals surface area (Å²) in [6, 6.07) is 6.69. The molecule has 4 nitrogen and oxygen atoms in total. The van der Waals surface area contributed by atoms with Crippen molar-refractivity contribution < 1.29 is 28.6 Å². The van der Waals surface area contributed by atoms with Gasteiger partial charge in [-0.05, 0) is 29.3 Å². The Balaban J connectivity index is 2.64. The third-order valence-corrected chi connectivity index (χ3v) is 2.74. The molecule has 0 radical (unpaired) electrons. The summed E-state index contributed by atoms with van der Waals surface area (Å²) < 4.78 is 27.1. The number of carboxylic acids is 2. The molecule has 0 unspecified atom stereocenters. The number of hydrogen-bond acceptors (Lipinski definition) is 2. The zero-order chi connectivity index (χ0) is 14.9. The van der Waals surface area contributed by atoms with Crippen LogP contribution < -0.4 is 0 Å². The summed E-state index contributed by atoms with van der Waals surface area (Å²) in [5.41, 5.74) is -1.06. The number of carbonyl (C=O) groups is 2. The van der Waals surface area contributed by atoms with E-state index < -0.39 is 34.7 Å². The van der Waals surface area contributed by atoms with Gasteiger partial charge in [-0.2, -0.15) is 0 Å². The molecule has 2 rings (SSSR count). The van der Waals surface area contributed by atoms with Crippen molar-refractivity contribution in [1.29, 1.82) is 0 Å². The molecule has 0 fully saturated rings. The van der Waals surface area contributed by atoms with Crippen LogP contribution in [-0.4, -0.2) is 22.2 Å². The fourth-order valence-electron chi connectivity index (χ4n) is 1.84. The first-order chi connectivity index (χ1) is 9.41. The quantitative estimate of drug-likeness (QED) is 0.905. The van der Waals surface area contributed by atoms with E-state index in [1.807, 2.05) is 0 Å². The minimum atomic E-state index is -1.49. The van der Waals surface area contributed by atoms with Crippen LogP contribution in [0.15, 0.2) is 36.4 Å². The molecule has 0 heterocycles.